The van der Waals surface area contributed by atoms with Crippen molar-refractivity contribution >= 4 is 18.3 Å². The molecule has 0 heterocycles. The molecule has 0 radical (unpaired) electrons. The Morgan fingerprint density at radius 3 is 2.64 bits per heavy atom. The lowest BCUT2D eigenvalue weighted by Crippen LogP contribution is -2.29. The molecule has 4 heteroatoms. The van der Waals surface area contributed by atoms with Gasteiger partial charge < -0.3 is 11.1 Å². The number of carbonyl (C=O) groups is 1. The van der Waals surface area contributed by atoms with E-state index in [0.717, 1.165) is 11.1 Å². The summed E-state index contributed by atoms with van der Waals surface area (Å²) < 4.78 is 0. The second kappa shape index (κ2) is 6.40. The van der Waals surface area contributed by atoms with Gasteiger partial charge in [-0.3, -0.25) is 4.79 Å². The first kappa shape index (κ1) is 12.9. The van der Waals surface area contributed by atoms with E-state index in [1.54, 1.807) is 6.07 Å². The van der Waals surface area contributed by atoms with Gasteiger partial charge in [0.1, 0.15) is 0 Å². The fourth-order valence-corrected chi connectivity index (χ4v) is 1.11. The Labute approximate surface area is 90.1 Å². The molecule has 14 heavy (non-hydrogen) atoms. The number of aryl methyl sites for hydroxylation is 1. The lowest BCUT2D eigenvalue weighted by molar-refractivity contribution is 0.0954. The highest BCUT2D eigenvalue weighted by Gasteiger charge is 2.05. The normalized spacial score (nSPS) is 9.00. The quantitative estimate of drug-likeness (QED) is 0.792. The van der Waals surface area contributed by atoms with Gasteiger partial charge in [0.25, 0.3) is 5.91 Å². The maximum Gasteiger partial charge on any atom is 0.251 e. The van der Waals surface area contributed by atoms with Crippen LogP contribution in [-0.2, 0) is 0 Å². The zero-order valence-electron chi connectivity index (χ0n) is 8.12. The van der Waals surface area contributed by atoms with Crippen LogP contribution >= 0.6 is 12.4 Å². The fraction of sp³-hybridized carbons (Fsp3) is 0.300. The lowest BCUT2D eigenvalue weighted by atomic mass is 10.1. The molecule has 0 aliphatic rings. The third kappa shape index (κ3) is 3.36. The third-order valence-electron chi connectivity index (χ3n) is 1.82. The van der Waals surface area contributed by atoms with Crippen molar-refractivity contribution in [3.63, 3.8) is 0 Å². The predicted molar refractivity (Wildman–Crippen MR) is 59.8 cm³/mol. The van der Waals surface area contributed by atoms with Crippen molar-refractivity contribution in [3.05, 3.63) is 35.4 Å². The molecule has 0 fully saturated rings. The molecule has 1 aromatic rings. The average molecular weight is 215 g/mol. The Bertz CT molecular complexity index is 302. The second-order valence-electron chi connectivity index (χ2n) is 2.86. The van der Waals surface area contributed by atoms with E-state index in [0.29, 0.717) is 13.1 Å². The molecule has 1 rings (SSSR count). The highest BCUT2D eigenvalue weighted by Crippen LogP contribution is 2.05. The predicted octanol–water partition coefficient (Wildman–Crippen LogP) is 1.11. The Morgan fingerprint density at radius 2 is 2.07 bits per heavy atom. The average Bonchev–Trinajstić information content (AvgIpc) is 2.15. The van der Waals surface area contributed by atoms with Gasteiger partial charge in [-0.25, -0.2) is 0 Å². The van der Waals surface area contributed by atoms with Crippen LogP contribution in [0.1, 0.15) is 15.9 Å². The van der Waals surface area contributed by atoms with E-state index in [1.807, 2.05) is 25.1 Å². The Hall–Kier alpha value is -1.06. The standard InChI is InChI=1S/C10H14N2O.ClH/c1-8-4-2-3-5-9(8)10(13)12-7-6-11;/h2-5H,6-7,11H2,1H3,(H,12,13);1H. The number of hydrogen-bond donors (Lipinski definition) is 2. The van der Waals surface area contributed by atoms with Gasteiger partial charge >= 0.3 is 0 Å². The number of benzene rings is 1. The maximum absolute atomic E-state index is 11.5. The van der Waals surface area contributed by atoms with Crippen LogP contribution in [0.3, 0.4) is 0 Å². The molecule has 0 aliphatic heterocycles. The molecule has 0 saturated heterocycles. The number of nitrogens with one attached hydrogen (secondary N) is 1. The van der Waals surface area contributed by atoms with Crippen LogP contribution in [0.4, 0.5) is 0 Å². The summed E-state index contributed by atoms with van der Waals surface area (Å²) in [7, 11) is 0. The van der Waals surface area contributed by atoms with Crippen molar-refractivity contribution in [2.24, 2.45) is 5.73 Å². The minimum atomic E-state index is -0.0523. The first-order valence-corrected chi connectivity index (χ1v) is 4.29. The third-order valence-corrected chi connectivity index (χ3v) is 1.82. The number of amides is 1. The summed E-state index contributed by atoms with van der Waals surface area (Å²) in [6.45, 7) is 2.90. The van der Waals surface area contributed by atoms with E-state index in [2.05, 4.69) is 5.32 Å². The van der Waals surface area contributed by atoms with Crippen LogP contribution in [0, 0.1) is 6.92 Å². The van der Waals surface area contributed by atoms with Gasteiger partial charge in [0, 0.05) is 18.7 Å². The van der Waals surface area contributed by atoms with Crippen molar-refractivity contribution in [1.82, 2.24) is 5.32 Å². The van der Waals surface area contributed by atoms with E-state index in [9.17, 15) is 4.79 Å². The molecule has 78 valence electrons. The summed E-state index contributed by atoms with van der Waals surface area (Å²) in [4.78, 5) is 11.5. The summed E-state index contributed by atoms with van der Waals surface area (Å²) >= 11 is 0. The molecule has 1 aromatic carbocycles. The SMILES string of the molecule is Cc1ccccc1C(=O)NCCN.Cl. The van der Waals surface area contributed by atoms with Crippen LogP contribution in [0.2, 0.25) is 0 Å². The maximum atomic E-state index is 11.5. The monoisotopic (exact) mass is 214 g/mol. The van der Waals surface area contributed by atoms with Gasteiger partial charge in [-0.15, -0.1) is 12.4 Å². The van der Waals surface area contributed by atoms with Gasteiger partial charge in [0.15, 0.2) is 0 Å². The number of nitrogens with two attached hydrogens (primary N) is 1. The highest BCUT2D eigenvalue weighted by molar-refractivity contribution is 5.95. The van der Waals surface area contributed by atoms with Crippen LogP contribution in [0.15, 0.2) is 24.3 Å². The highest BCUT2D eigenvalue weighted by atomic mass is 35.5. The molecule has 0 aromatic heterocycles. The van der Waals surface area contributed by atoms with Gasteiger partial charge in [0.05, 0.1) is 0 Å². The zero-order valence-corrected chi connectivity index (χ0v) is 8.93. The minimum absolute atomic E-state index is 0. The summed E-state index contributed by atoms with van der Waals surface area (Å²) in [6, 6.07) is 7.48. The summed E-state index contributed by atoms with van der Waals surface area (Å²) in [5.74, 6) is -0.0523. The summed E-state index contributed by atoms with van der Waals surface area (Å²) in [5.41, 5.74) is 6.98. The largest absolute Gasteiger partial charge is 0.351 e. The zero-order chi connectivity index (χ0) is 9.68. The molecular weight excluding hydrogens is 200 g/mol. The van der Waals surface area contributed by atoms with E-state index in [-0.39, 0.29) is 18.3 Å². The van der Waals surface area contributed by atoms with Crippen molar-refractivity contribution in [2.75, 3.05) is 13.1 Å². The molecule has 3 N–H and O–H groups in total. The molecule has 0 aliphatic carbocycles. The molecule has 0 atom stereocenters. The van der Waals surface area contributed by atoms with Gasteiger partial charge in [-0.1, -0.05) is 18.2 Å². The van der Waals surface area contributed by atoms with Crippen LogP contribution in [0.5, 0.6) is 0 Å². The van der Waals surface area contributed by atoms with E-state index in [4.69, 9.17) is 5.73 Å². The van der Waals surface area contributed by atoms with Gasteiger partial charge in [-0.05, 0) is 18.6 Å². The fourth-order valence-electron chi connectivity index (χ4n) is 1.11. The van der Waals surface area contributed by atoms with Crippen LogP contribution < -0.4 is 11.1 Å². The summed E-state index contributed by atoms with van der Waals surface area (Å²) in [5, 5.41) is 2.73. The second-order valence-corrected chi connectivity index (χ2v) is 2.86. The lowest BCUT2D eigenvalue weighted by Gasteiger charge is -2.05. The van der Waals surface area contributed by atoms with Crippen LogP contribution in [0.25, 0.3) is 0 Å². The van der Waals surface area contributed by atoms with Crippen molar-refractivity contribution in [1.29, 1.82) is 0 Å². The molecule has 0 unspecified atom stereocenters. The van der Waals surface area contributed by atoms with Crippen LogP contribution in [-0.4, -0.2) is 19.0 Å². The van der Waals surface area contributed by atoms with Crippen molar-refractivity contribution < 1.29 is 4.79 Å². The first-order chi connectivity index (χ1) is 6.25. The number of halogens is 1. The molecular formula is C10H15ClN2O. The Kier molecular flexibility index (Phi) is 5.92. The molecule has 0 spiro atoms. The Morgan fingerprint density at radius 1 is 1.43 bits per heavy atom. The van der Waals surface area contributed by atoms with Gasteiger partial charge in [0.2, 0.25) is 0 Å². The first-order valence-electron chi connectivity index (χ1n) is 4.29. The summed E-state index contributed by atoms with van der Waals surface area (Å²) in [6.07, 6.45) is 0. The van der Waals surface area contributed by atoms with E-state index in [1.165, 1.54) is 0 Å². The van der Waals surface area contributed by atoms with Gasteiger partial charge in [-0.2, -0.15) is 0 Å². The topological polar surface area (TPSA) is 55.1 Å². The minimum Gasteiger partial charge on any atom is -0.351 e. The van der Waals surface area contributed by atoms with E-state index >= 15 is 0 Å². The van der Waals surface area contributed by atoms with Crippen molar-refractivity contribution in [2.45, 2.75) is 6.92 Å². The number of rotatable bonds is 3. The molecule has 0 bridgehead atoms. The Balaban J connectivity index is 0.00000169. The van der Waals surface area contributed by atoms with E-state index < -0.39 is 0 Å². The number of hydrogen-bond acceptors (Lipinski definition) is 2. The molecule has 3 nitrogen and oxygen atoms in total. The smallest absolute Gasteiger partial charge is 0.251 e. The molecule has 0 saturated carbocycles. The number of carbonyl (C=O) groups excluding carboxylic acids is 1. The van der Waals surface area contributed by atoms with Crippen molar-refractivity contribution in [3.8, 4) is 0 Å². The molecule has 1 amide bonds.